The molecule has 4 aromatic carbocycles. The number of anilines is 1. The van der Waals surface area contributed by atoms with E-state index in [1.807, 2.05) is 60.7 Å². The Morgan fingerprint density at radius 3 is 1.86 bits per heavy atom. The molecule has 0 saturated heterocycles. The number of phenols is 1. The van der Waals surface area contributed by atoms with Gasteiger partial charge in [0.05, 0.1) is 19.1 Å². The van der Waals surface area contributed by atoms with E-state index in [1.165, 1.54) is 12.1 Å². The van der Waals surface area contributed by atoms with Gasteiger partial charge in [-0.15, -0.1) is 0 Å². The molecule has 1 amide bonds. The number of rotatable bonds is 8. The number of aliphatic hydroxyl groups excluding tert-OH is 1. The largest absolute Gasteiger partial charge is 0.508 e. The van der Waals surface area contributed by atoms with E-state index in [1.54, 1.807) is 43.3 Å². The van der Waals surface area contributed by atoms with Crippen molar-refractivity contribution in [3.63, 3.8) is 0 Å². The summed E-state index contributed by atoms with van der Waals surface area (Å²) in [5, 5.41) is 23.1. The molecule has 0 saturated carbocycles. The highest BCUT2D eigenvalue weighted by Crippen LogP contribution is 2.19. The van der Waals surface area contributed by atoms with E-state index in [9.17, 15) is 14.5 Å². The summed E-state index contributed by atoms with van der Waals surface area (Å²) >= 11 is 0. The highest BCUT2D eigenvalue weighted by molar-refractivity contribution is 7.61. The monoisotopic (exact) mass is 502 g/mol. The minimum absolute atomic E-state index is 0.155. The van der Waals surface area contributed by atoms with Crippen molar-refractivity contribution < 1.29 is 24.3 Å². The fourth-order valence-corrected chi connectivity index (χ4v) is 4.33. The molecule has 36 heavy (non-hydrogen) atoms. The van der Waals surface area contributed by atoms with Crippen molar-refractivity contribution in [1.82, 2.24) is 0 Å². The van der Waals surface area contributed by atoms with E-state index < -0.39 is 13.9 Å². The summed E-state index contributed by atoms with van der Waals surface area (Å²) in [5.41, 5.74) is 1.45. The number of hydrogen-bond acceptors (Lipinski definition) is 5. The zero-order valence-corrected chi connectivity index (χ0v) is 20.8. The summed E-state index contributed by atoms with van der Waals surface area (Å²) in [6, 6.07) is 32.4. The number of phenolic OH excluding ortho intramolecular Hbond substituents is 1. The lowest BCUT2D eigenvalue weighted by Gasteiger charge is -2.09. The fraction of sp³-hybridized carbons (Fsp3) is 0.138. The van der Waals surface area contributed by atoms with Crippen LogP contribution in [0.5, 0.6) is 11.5 Å². The number of carbonyl (C=O) groups excluding carboxylic acids is 1. The smallest absolute Gasteiger partial charge is 0.415 e. The summed E-state index contributed by atoms with van der Waals surface area (Å²) in [7, 11) is -1.42. The first kappa shape index (κ1) is 26.6. The standard InChI is InChI=1S/C17H19NO4.C12H10OP/c1-12(19)13-2-8-16(9-3-13)22-11-10-17(21)18-14-4-6-15(20)7-5-14;13-14(11-7-3-1-4-8-11)12-9-5-2-6-10-12/h2-9,12,19-20H,10-11H2,1H3,(H,18,21);1-10H/q;+1. The summed E-state index contributed by atoms with van der Waals surface area (Å²) < 4.78 is 17.5. The molecule has 4 rings (SSSR count). The predicted molar refractivity (Wildman–Crippen MR) is 144 cm³/mol. The maximum atomic E-state index is 12.0. The molecule has 0 bridgehead atoms. The van der Waals surface area contributed by atoms with Crippen LogP contribution >= 0.6 is 7.80 Å². The molecule has 0 aliphatic rings. The van der Waals surface area contributed by atoms with Crippen molar-refractivity contribution in [2.45, 2.75) is 19.4 Å². The van der Waals surface area contributed by atoms with Gasteiger partial charge in [-0.05, 0) is 73.2 Å². The first-order chi connectivity index (χ1) is 17.4. The molecule has 1 atom stereocenters. The molecule has 3 N–H and O–H groups in total. The number of hydrogen-bond donors (Lipinski definition) is 3. The average Bonchev–Trinajstić information content (AvgIpc) is 2.91. The third-order valence-corrected chi connectivity index (χ3v) is 6.63. The highest BCUT2D eigenvalue weighted by Gasteiger charge is 2.21. The Labute approximate surface area is 212 Å². The van der Waals surface area contributed by atoms with Gasteiger partial charge in [0.2, 0.25) is 5.91 Å². The van der Waals surface area contributed by atoms with Gasteiger partial charge in [0.1, 0.15) is 11.5 Å². The predicted octanol–water partition coefficient (Wildman–Crippen LogP) is 5.32. The van der Waals surface area contributed by atoms with Crippen molar-refractivity contribution in [2.24, 2.45) is 0 Å². The lowest BCUT2D eigenvalue weighted by molar-refractivity contribution is -0.116. The van der Waals surface area contributed by atoms with Gasteiger partial charge in [-0.3, -0.25) is 4.79 Å². The molecule has 0 fully saturated rings. The molecule has 184 valence electrons. The molecule has 1 unspecified atom stereocenters. The van der Waals surface area contributed by atoms with E-state index in [0.29, 0.717) is 11.4 Å². The molecular formula is C29H29NO5P+. The van der Waals surface area contributed by atoms with Gasteiger partial charge in [-0.1, -0.05) is 53.1 Å². The lowest BCUT2D eigenvalue weighted by Crippen LogP contribution is -2.15. The molecule has 6 nitrogen and oxygen atoms in total. The Hall–Kier alpha value is -3.99. The van der Waals surface area contributed by atoms with E-state index in [0.717, 1.165) is 16.2 Å². The molecule has 7 heteroatoms. The second-order valence-electron chi connectivity index (χ2n) is 7.90. The summed E-state index contributed by atoms with van der Waals surface area (Å²) in [4.78, 5) is 11.7. The van der Waals surface area contributed by atoms with Crippen LogP contribution in [-0.4, -0.2) is 22.7 Å². The number of aromatic hydroxyl groups is 1. The zero-order chi connectivity index (χ0) is 25.8. The van der Waals surface area contributed by atoms with Gasteiger partial charge in [0.15, 0.2) is 10.6 Å². The molecule has 0 spiro atoms. The average molecular weight is 503 g/mol. The van der Waals surface area contributed by atoms with Crippen LogP contribution in [0.1, 0.15) is 25.0 Å². The Morgan fingerprint density at radius 2 is 1.36 bits per heavy atom. The van der Waals surface area contributed by atoms with Crippen LogP contribution in [0.2, 0.25) is 0 Å². The molecule has 0 radical (unpaired) electrons. The number of carbonyl (C=O) groups is 1. The van der Waals surface area contributed by atoms with Crippen LogP contribution in [0.25, 0.3) is 0 Å². The Morgan fingerprint density at radius 1 is 0.833 bits per heavy atom. The van der Waals surface area contributed by atoms with E-state index >= 15 is 0 Å². The van der Waals surface area contributed by atoms with Crippen molar-refractivity contribution >= 4 is 30.0 Å². The Kier molecular flexibility index (Phi) is 10.2. The van der Waals surface area contributed by atoms with Gasteiger partial charge in [0.25, 0.3) is 0 Å². The van der Waals surface area contributed by atoms with E-state index in [2.05, 4.69) is 5.32 Å². The van der Waals surface area contributed by atoms with Crippen LogP contribution in [0.3, 0.4) is 0 Å². The van der Waals surface area contributed by atoms with Crippen LogP contribution in [0.4, 0.5) is 5.69 Å². The maximum absolute atomic E-state index is 12.0. The summed E-state index contributed by atoms with van der Waals surface area (Å²) in [5.74, 6) is 0.648. The second kappa shape index (κ2) is 13.8. The number of amides is 1. The summed E-state index contributed by atoms with van der Waals surface area (Å²) in [6.45, 7) is 1.96. The van der Waals surface area contributed by atoms with Crippen molar-refractivity contribution in [3.05, 3.63) is 115 Å². The van der Waals surface area contributed by atoms with Crippen molar-refractivity contribution in [1.29, 1.82) is 0 Å². The molecule has 0 aromatic heterocycles. The third kappa shape index (κ3) is 8.66. The van der Waals surface area contributed by atoms with Crippen molar-refractivity contribution in [3.8, 4) is 11.5 Å². The van der Waals surface area contributed by atoms with Gasteiger partial charge in [0, 0.05) is 5.69 Å². The van der Waals surface area contributed by atoms with Crippen LogP contribution in [0.15, 0.2) is 109 Å². The first-order valence-corrected chi connectivity index (χ1v) is 12.8. The normalized spacial score (nSPS) is 10.9. The third-order valence-electron chi connectivity index (χ3n) is 5.09. The van der Waals surface area contributed by atoms with Gasteiger partial charge < -0.3 is 20.3 Å². The SMILES string of the molecule is CC(O)c1ccc(OCCC(=O)Nc2ccc(O)cc2)cc1.O=[P+](c1ccccc1)c1ccccc1. The van der Waals surface area contributed by atoms with Crippen LogP contribution in [-0.2, 0) is 9.36 Å². The van der Waals surface area contributed by atoms with E-state index in [-0.39, 0.29) is 24.7 Å². The van der Waals surface area contributed by atoms with Gasteiger partial charge in [-0.2, -0.15) is 0 Å². The molecule has 4 aromatic rings. The van der Waals surface area contributed by atoms with Crippen LogP contribution in [0, 0.1) is 0 Å². The molecular weight excluding hydrogens is 473 g/mol. The quantitative estimate of drug-likeness (QED) is 0.224. The number of benzene rings is 4. The van der Waals surface area contributed by atoms with Crippen LogP contribution < -0.4 is 20.7 Å². The Balaban J connectivity index is 0.000000221. The molecule has 0 aliphatic heterocycles. The second-order valence-corrected chi connectivity index (χ2v) is 9.53. The van der Waals surface area contributed by atoms with Crippen molar-refractivity contribution in [2.75, 3.05) is 11.9 Å². The minimum atomic E-state index is -1.42. The minimum Gasteiger partial charge on any atom is -0.508 e. The maximum Gasteiger partial charge on any atom is 0.415 e. The van der Waals surface area contributed by atoms with E-state index in [4.69, 9.17) is 9.84 Å². The number of nitrogens with one attached hydrogen (secondary N) is 1. The Bertz CT molecular complexity index is 1190. The van der Waals surface area contributed by atoms with Gasteiger partial charge in [-0.25, -0.2) is 0 Å². The molecule has 0 aliphatic carbocycles. The first-order valence-electron chi connectivity index (χ1n) is 11.5. The van der Waals surface area contributed by atoms with Gasteiger partial charge >= 0.3 is 7.80 Å². The topological polar surface area (TPSA) is 95.9 Å². The number of ether oxygens (including phenoxy) is 1. The molecule has 0 heterocycles. The highest BCUT2D eigenvalue weighted by atomic mass is 31.1. The lowest BCUT2D eigenvalue weighted by atomic mass is 10.1. The number of aliphatic hydroxyl groups is 1. The summed E-state index contributed by atoms with van der Waals surface area (Å²) in [6.07, 6.45) is -0.288. The zero-order valence-electron chi connectivity index (χ0n) is 20.0. The fourth-order valence-electron chi connectivity index (χ4n) is 3.15.